The maximum absolute atomic E-state index is 9.39. The van der Waals surface area contributed by atoms with Crippen LogP contribution in [0.4, 0.5) is 0 Å². The second-order valence-electron chi connectivity index (χ2n) is 6.25. The molecule has 0 radical (unpaired) electrons. The highest BCUT2D eigenvalue weighted by atomic mass is 16.3. The molecule has 0 fully saturated rings. The largest absolute Gasteiger partial charge is 0.396 e. The summed E-state index contributed by atoms with van der Waals surface area (Å²) >= 11 is 0. The van der Waals surface area contributed by atoms with E-state index >= 15 is 0 Å². The average Bonchev–Trinajstić information content (AvgIpc) is 2.58. The molecule has 2 rings (SSSR count). The molecule has 0 saturated carbocycles. The summed E-state index contributed by atoms with van der Waals surface area (Å²) in [5.74, 6) is 0.328. The molecule has 2 N–H and O–H groups in total. The van der Waals surface area contributed by atoms with E-state index in [2.05, 4.69) is 78.9 Å². The van der Waals surface area contributed by atoms with Crippen molar-refractivity contribution in [2.24, 2.45) is 0 Å². The van der Waals surface area contributed by atoms with Gasteiger partial charge >= 0.3 is 0 Å². The highest BCUT2D eigenvalue weighted by Gasteiger charge is 2.16. The third kappa shape index (κ3) is 5.79. The lowest BCUT2D eigenvalue weighted by molar-refractivity contribution is 0.268. The summed E-state index contributed by atoms with van der Waals surface area (Å²) in [6.45, 7) is 2.02. The SMILES string of the molecule is CN(C)CC(NCC(CCO)c1ccccc1)c1ccccc1. The van der Waals surface area contributed by atoms with E-state index in [1.807, 2.05) is 6.07 Å². The van der Waals surface area contributed by atoms with Crippen molar-refractivity contribution in [2.45, 2.75) is 18.4 Å². The highest BCUT2D eigenvalue weighted by molar-refractivity contribution is 5.22. The third-order valence-corrected chi connectivity index (χ3v) is 4.11. The molecule has 0 saturated heterocycles. The number of aliphatic hydroxyl groups is 1. The fraction of sp³-hybridized carbons (Fsp3) is 0.400. The van der Waals surface area contributed by atoms with E-state index in [0.717, 1.165) is 19.5 Å². The van der Waals surface area contributed by atoms with Gasteiger partial charge in [-0.25, -0.2) is 0 Å². The van der Waals surface area contributed by atoms with Crippen molar-refractivity contribution < 1.29 is 5.11 Å². The minimum absolute atomic E-state index is 0.213. The first-order valence-electron chi connectivity index (χ1n) is 8.29. The molecule has 2 aromatic carbocycles. The topological polar surface area (TPSA) is 35.5 Å². The van der Waals surface area contributed by atoms with Crippen LogP contribution < -0.4 is 5.32 Å². The van der Waals surface area contributed by atoms with Crippen LogP contribution in [0.1, 0.15) is 29.5 Å². The Morgan fingerprint density at radius 2 is 1.48 bits per heavy atom. The van der Waals surface area contributed by atoms with Crippen LogP contribution in [0.3, 0.4) is 0 Å². The van der Waals surface area contributed by atoms with E-state index in [0.29, 0.717) is 5.92 Å². The molecule has 0 aliphatic carbocycles. The maximum atomic E-state index is 9.39. The molecule has 0 heterocycles. The quantitative estimate of drug-likeness (QED) is 0.747. The number of nitrogens with zero attached hydrogens (tertiary/aromatic N) is 1. The van der Waals surface area contributed by atoms with Crippen molar-refractivity contribution >= 4 is 0 Å². The average molecular weight is 312 g/mol. The molecular weight excluding hydrogens is 284 g/mol. The number of nitrogens with one attached hydrogen (secondary N) is 1. The molecule has 0 aliphatic heterocycles. The third-order valence-electron chi connectivity index (χ3n) is 4.11. The smallest absolute Gasteiger partial charge is 0.0449 e. The van der Waals surface area contributed by atoms with E-state index in [-0.39, 0.29) is 12.6 Å². The lowest BCUT2D eigenvalue weighted by Crippen LogP contribution is -2.34. The molecule has 124 valence electrons. The van der Waals surface area contributed by atoms with Crippen LogP contribution in [0.25, 0.3) is 0 Å². The number of hydrogen-bond donors (Lipinski definition) is 2. The van der Waals surface area contributed by atoms with Gasteiger partial charge in [-0.1, -0.05) is 60.7 Å². The van der Waals surface area contributed by atoms with Crippen molar-refractivity contribution in [3.63, 3.8) is 0 Å². The molecular formula is C20H28N2O. The fourth-order valence-electron chi connectivity index (χ4n) is 2.89. The van der Waals surface area contributed by atoms with Crippen LogP contribution in [0, 0.1) is 0 Å². The van der Waals surface area contributed by atoms with Gasteiger partial charge in [0.05, 0.1) is 0 Å². The van der Waals surface area contributed by atoms with Crippen LogP contribution in [0.5, 0.6) is 0 Å². The van der Waals surface area contributed by atoms with E-state index in [9.17, 15) is 5.11 Å². The van der Waals surface area contributed by atoms with Gasteiger partial charge in [-0.2, -0.15) is 0 Å². The zero-order valence-corrected chi connectivity index (χ0v) is 14.2. The lowest BCUT2D eigenvalue weighted by atomic mass is 9.95. The summed E-state index contributed by atoms with van der Waals surface area (Å²) in [5.41, 5.74) is 2.59. The number of likely N-dealkylation sites (N-methyl/N-ethyl adjacent to an activating group) is 1. The summed E-state index contributed by atoms with van der Waals surface area (Å²) in [5, 5.41) is 13.1. The summed E-state index contributed by atoms with van der Waals surface area (Å²) in [7, 11) is 4.19. The van der Waals surface area contributed by atoms with Gasteiger partial charge in [0.2, 0.25) is 0 Å². The molecule has 0 spiro atoms. The Morgan fingerprint density at radius 1 is 0.913 bits per heavy atom. The summed E-state index contributed by atoms with van der Waals surface area (Å²) in [6.07, 6.45) is 0.778. The molecule has 3 heteroatoms. The Morgan fingerprint density at radius 3 is 2.00 bits per heavy atom. The molecule has 23 heavy (non-hydrogen) atoms. The number of hydrogen-bond acceptors (Lipinski definition) is 3. The summed E-state index contributed by atoms with van der Waals surface area (Å²) in [6, 6.07) is 21.3. The Kier molecular flexibility index (Phi) is 7.27. The summed E-state index contributed by atoms with van der Waals surface area (Å²) < 4.78 is 0. The number of rotatable bonds is 9. The zero-order chi connectivity index (χ0) is 16.5. The predicted octanol–water partition coefficient (Wildman–Crippen LogP) is 3.05. The first-order valence-corrected chi connectivity index (χ1v) is 8.29. The van der Waals surface area contributed by atoms with E-state index in [4.69, 9.17) is 0 Å². The van der Waals surface area contributed by atoms with Gasteiger partial charge in [-0.05, 0) is 37.6 Å². The molecule has 0 bridgehead atoms. The molecule has 3 nitrogen and oxygen atoms in total. The molecule has 0 amide bonds. The van der Waals surface area contributed by atoms with Crippen molar-refractivity contribution in [2.75, 3.05) is 33.8 Å². The van der Waals surface area contributed by atoms with Gasteiger partial charge in [0.1, 0.15) is 0 Å². The Hall–Kier alpha value is -1.68. The minimum atomic E-state index is 0.213. The monoisotopic (exact) mass is 312 g/mol. The predicted molar refractivity (Wildman–Crippen MR) is 96.6 cm³/mol. The second kappa shape index (κ2) is 9.46. The van der Waals surface area contributed by atoms with Crippen LogP contribution >= 0.6 is 0 Å². The van der Waals surface area contributed by atoms with Crippen LogP contribution in [0.2, 0.25) is 0 Å². The first-order chi connectivity index (χ1) is 11.2. The lowest BCUT2D eigenvalue weighted by Gasteiger charge is -2.26. The van der Waals surface area contributed by atoms with Crippen LogP contribution in [0.15, 0.2) is 60.7 Å². The van der Waals surface area contributed by atoms with Crippen LogP contribution in [-0.4, -0.2) is 43.8 Å². The van der Waals surface area contributed by atoms with Crippen molar-refractivity contribution in [1.82, 2.24) is 10.2 Å². The Labute approximate surface area is 140 Å². The van der Waals surface area contributed by atoms with E-state index < -0.39 is 0 Å². The van der Waals surface area contributed by atoms with Gasteiger partial charge in [0.15, 0.2) is 0 Å². The molecule has 0 aromatic heterocycles. The summed E-state index contributed by atoms with van der Waals surface area (Å²) in [4.78, 5) is 2.20. The standard InChI is InChI=1S/C20H28N2O/c1-22(2)16-20(18-11-7-4-8-12-18)21-15-19(13-14-23)17-9-5-3-6-10-17/h3-12,19-21,23H,13-16H2,1-2H3. The van der Waals surface area contributed by atoms with E-state index in [1.165, 1.54) is 11.1 Å². The Balaban J connectivity index is 2.06. The minimum Gasteiger partial charge on any atom is -0.396 e. The fourth-order valence-corrected chi connectivity index (χ4v) is 2.89. The van der Waals surface area contributed by atoms with Gasteiger partial charge in [-0.3, -0.25) is 0 Å². The van der Waals surface area contributed by atoms with Crippen molar-refractivity contribution in [3.8, 4) is 0 Å². The number of benzene rings is 2. The zero-order valence-electron chi connectivity index (χ0n) is 14.2. The van der Waals surface area contributed by atoms with Gasteiger partial charge < -0.3 is 15.3 Å². The maximum Gasteiger partial charge on any atom is 0.0449 e. The van der Waals surface area contributed by atoms with Crippen molar-refractivity contribution in [1.29, 1.82) is 0 Å². The number of aliphatic hydroxyl groups excluding tert-OH is 1. The van der Waals surface area contributed by atoms with Gasteiger partial charge in [-0.15, -0.1) is 0 Å². The first kappa shape index (κ1) is 17.7. The van der Waals surface area contributed by atoms with Crippen molar-refractivity contribution in [3.05, 3.63) is 71.8 Å². The van der Waals surface area contributed by atoms with Gasteiger partial charge in [0.25, 0.3) is 0 Å². The normalized spacial score (nSPS) is 13.9. The molecule has 2 aromatic rings. The van der Waals surface area contributed by atoms with E-state index in [1.54, 1.807) is 0 Å². The Bertz CT molecular complexity index is 542. The van der Waals surface area contributed by atoms with Gasteiger partial charge in [0, 0.05) is 25.7 Å². The van der Waals surface area contributed by atoms with Crippen LogP contribution in [-0.2, 0) is 0 Å². The molecule has 0 aliphatic rings. The molecule has 2 unspecified atom stereocenters. The highest BCUT2D eigenvalue weighted by Crippen LogP contribution is 2.20. The second-order valence-corrected chi connectivity index (χ2v) is 6.25. The molecule has 2 atom stereocenters.